The number of para-hydroxylation sites is 1. The van der Waals surface area contributed by atoms with Crippen LogP contribution in [0.1, 0.15) is 23.6 Å². The minimum atomic E-state index is -0.905. The highest BCUT2D eigenvalue weighted by atomic mass is 19.1. The van der Waals surface area contributed by atoms with Gasteiger partial charge in [-0.1, -0.05) is 60.7 Å². The van der Waals surface area contributed by atoms with Gasteiger partial charge in [-0.3, -0.25) is 14.6 Å². The zero-order chi connectivity index (χ0) is 24.2. The number of fused-ring (bicyclic) bond motifs is 1. The van der Waals surface area contributed by atoms with E-state index in [9.17, 15) is 14.0 Å². The number of carbonyl (C=O) groups is 2. The maximum atomic E-state index is 13.5. The van der Waals surface area contributed by atoms with Gasteiger partial charge in [0.05, 0.1) is 18.2 Å². The number of carbonyl (C=O) groups excluding carboxylic acids is 2. The average Bonchev–Trinajstić information content (AvgIpc) is 2.94. The molecule has 0 saturated carbocycles. The van der Waals surface area contributed by atoms with E-state index in [1.807, 2.05) is 66.5 Å². The Labute approximate surface area is 198 Å². The number of likely N-dealkylation sites (N-methyl/N-ethyl adjacent to an activating group) is 1. The Balaban J connectivity index is 1.61. The molecule has 174 valence electrons. The maximum absolute atomic E-state index is 13.5. The minimum Gasteiger partial charge on any atom is -0.356 e. The number of hydrogen-bond donors (Lipinski definition) is 2. The first-order chi connectivity index (χ1) is 16.3. The van der Waals surface area contributed by atoms with Crippen molar-refractivity contribution in [3.8, 4) is 0 Å². The number of ketones is 1. The smallest absolute Gasteiger partial charge is 0.224 e. The van der Waals surface area contributed by atoms with Crippen LogP contribution in [0.2, 0.25) is 0 Å². The molecule has 3 N–H and O–H groups in total. The van der Waals surface area contributed by atoms with Crippen LogP contribution < -0.4 is 16.0 Å². The summed E-state index contributed by atoms with van der Waals surface area (Å²) in [6.07, 6.45) is -0.756. The summed E-state index contributed by atoms with van der Waals surface area (Å²) in [4.78, 5) is 32.7. The summed E-state index contributed by atoms with van der Waals surface area (Å²) in [5, 5.41) is 2.72. The van der Waals surface area contributed by atoms with Gasteiger partial charge in [0.25, 0.3) is 0 Å². The number of benzene rings is 3. The van der Waals surface area contributed by atoms with Crippen LogP contribution in [-0.2, 0) is 16.0 Å². The van der Waals surface area contributed by atoms with Gasteiger partial charge in [0, 0.05) is 23.9 Å². The zero-order valence-corrected chi connectivity index (χ0v) is 19.1. The highest BCUT2D eigenvalue weighted by molar-refractivity contribution is 6.17. The lowest BCUT2D eigenvalue weighted by Gasteiger charge is -2.30. The van der Waals surface area contributed by atoms with Gasteiger partial charge in [-0.25, -0.2) is 4.39 Å². The molecule has 1 aliphatic rings. The van der Waals surface area contributed by atoms with Gasteiger partial charge in [0.1, 0.15) is 18.0 Å². The van der Waals surface area contributed by atoms with Gasteiger partial charge in [-0.05, 0) is 30.7 Å². The van der Waals surface area contributed by atoms with Crippen LogP contribution in [0.15, 0.2) is 83.9 Å². The molecule has 0 bridgehead atoms. The molecule has 3 aromatic carbocycles. The van der Waals surface area contributed by atoms with Crippen molar-refractivity contribution in [1.82, 2.24) is 5.32 Å². The van der Waals surface area contributed by atoms with Crippen molar-refractivity contribution in [2.24, 2.45) is 10.7 Å². The van der Waals surface area contributed by atoms with E-state index in [-0.39, 0.29) is 18.1 Å². The SMILES string of the molecule is CC(NC(=O)Cc1cccc(F)c1)C(=O)C1N=C(c2ccccc2)c2ccccc2N(C)[C@@H]1N. The van der Waals surface area contributed by atoms with Gasteiger partial charge < -0.3 is 16.0 Å². The fourth-order valence-corrected chi connectivity index (χ4v) is 4.15. The lowest BCUT2D eigenvalue weighted by molar-refractivity contribution is -0.127. The number of rotatable bonds is 6. The fraction of sp³-hybridized carbons (Fsp3) is 0.222. The van der Waals surface area contributed by atoms with E-state index in [1.165, 1.54) is 12.1 Å². The molecule has 1 amide bonds. The van der Waals surface area contributed by atoms with Crippen LogP contribution in [-0.4, -0.2) is 42.7 Å². The quantitative estimate of drug-likeness (QED) is 0.594. The molecule has 0 spiro atoms. The lowest BCUT2D eigenvalue weighted by Crippen LogP contribution is -2.55. The van der Waals surface area contributed by atoms with Crippen molar-refractivity contribution in [3.05, 3.63) is 101 Å². The molecule has 1 aliphatic heterocycles. The third-order valence-electron chi connectivity index (χ3n) is 5.97. The van der Waals surface area contributed by atoms with E-state index in [2.05, 4.69) is 5.32 Å². The molecule has 3 aromatic rings. The number of nitrogens with zero attached hydrogens (tertiary/aromatic N) is 2. The first kappa shape index (κ1) is 23.3. The monoisotopic (exact) mass is 458 g/mol. The van der Waals surface area contributed by atoms with Crippen molar-refractivity contribution in [1.29, 1.82) is 0 Å². The van der Waals surface area contributed by atoms with Crippen molar-refractivity contribution < 1.29 is 14.0 Å². The first-order valence-corrected chi connectivity index (χ1v) is 11.1. The summed E-state index contributed by atoms with van der Waals surface area (Å²) in [6, 6.07) is 21.5. The number of nitrogens with two attached hydrogens (primary N) is 1. The number of Topliss-reactive ketones (excluding diaryl/α,β-unsaturated/α-hetero) is 1. The molecule has 4 rings (SSSR count). The summed E-state index contributed by atoms with van der Waals surface area (Å²) in [5.74, 6) is -1.09. The number of nitrogens with one attached hydrogen (secondary N) is 1. The highest BCUT2D eigenvalue weighted by Crippen LogP contribution is 2.29. The molecule has 6 nitrogen and oxygen atoms in total. The van der Waals surface area contributed by atoms with E-state index in [4.69, 9.17) is 10.7 Å². The van der Waals surface area contributed by atoms with Gasteiger partial charge in [-0.15, -0.1) is 0 Å². The number of benzodiazepines with no additional fused rings is 1. The minimum absolute atomic E-state index is 0.0318. The van der Waals surface area contributed by atoms with Crippen molar-refractivity contribution in [3.63, 3.8) is 0 Å². The molecule has 0 aliphatic carbocycles. The Kier molecular flexibility index (Phi) is 6.84. The van der Waals surface area contributed by atoms with Crippen molar-refractivity contribution in [2.45, 2.75) is 31.6 Å². The van der Waals surface area contributed by atoms with E-state index in [0.717, 1.165) is 16.8 Å². The maximum Gasteiger partial charge on any atom is 0.224 e. The van der Waals surface area contributed by atoms with Crippen molar-refractivity contribution >= 4 is 23.1 Å². The Morgan fingerprint density at radius 2 is 1.76 bits per heavy atom. The molecule has 1 heterocycles. The summed E-state index contributed by atoms with van der Waals surface area (Å²) in [6.45, 7) is 1.62. The molecular weight excluding hydrogens is 431 g/mol. The van der Waals surface area contributed by atoms with Gasteiger partial charge >= 0.3 is 0 Å². The largest absolute Gasteiger partial charge is 0.356 e. The Morgan fingerprint density at radius 1 is 1.06 bits per heavy atom. The Hall–Kier alpha value is -3.84. The number of halogens is 1. The molecule has 0 aromatic heterocycles. The molecule has 3 atom stereocenters. The molecule has 0 fully saturated rings. The molecule has 0 saturated heterocycles. The molecule has 34 heavy (non-hydrogen) atoms. The fourth-order valence-electron chi connectivity index (χ4n) is 4.15. The highest BCUT2D eigenvalue weighted by Gasteiger charge is 2.36. The second-order valence-corrected chi connectivity index (χ2v) is 8.41. The van der Waals surface area contributed by atoms with Crippen molar-refractivity contribution in [2.75, 3.05) is 11.9 Å². The number of aliphatic imine (C=N–C) groups is 1. The van der Waals surface area contributed by atoms with Crippen LogP contribution in [0.5, 0.6) is 0 Å². The van der Waals surface area contributed by atoms with Gasteiger partial charge in [-0.2, -0.15) is 0 Å². The summed E-state index contributed by atoms with van der Waals surface area (Å²) in [7, 11) is 1.83. The third kappa shape index (κ3) is 4.89. The van der Waals surface area contributed by atoms with Crippen LogP contribution in [0, 0.1) is 5.82 Å². The van der Waals surface area contributed by atoms with Crippen LogP contribution >= 0.6 is 0 Å². The van der Waals surface area contributed by atoms with Crippen LogP contribution in [0.4, 0.5) is 10.1 Å². The van der Waals surface area contributed by atoms with Gasteiger partial charge in [0.15, 0.2) is 5.78 Å². The zero-order valence-electron chi connectivity index (χ0n) is 19.1. The summed E-state index contributed by atoms with van der Waals surface area (Å²) in [5.41, 5.74) is 10.4. The van der Waals surface area contributed by atoms with Crippen LogP contribution in [0.3, 0.4) is 0 Å². The Bertz CT molecular complexity index is 1230. The topological polar surface area (TPSA) is 87.8 Å². The van der Waals surface area contributed by atoms with E-state index in [1.54, 1.807) is 19.1 Å². The molecule has 0 radical (unpaired) electrons. The van der Waals surface area contributed by atoms with Gasteiger partial charge in [0.2, 0.25) is 5.91 Å². The predicted molar refractivity (Wildman–Crippen MR) is 131 cm³/mol. The van der Waals surface area contributed by atoms with E-state index in [0.29, 0.717) is 11.3 Å². The first-order valence-electron chi connectivity index (χ1n) is 11.1. The normalized spacial score (nSPS) is 18.4. The predicted octanol–water partition coefficient (Wildman–Crippen LogP) is 3.08. The number of hydrogen-bond acceptors (Lipinski definition) is 5. The standard InChI is InChI=1S/C27H27FN4O2/c1-17(30-23(33)16-18-9-8-12-20(28)15-18)26(34)25-27(29)32(2)22-14-7-6-13-21(22)24(31-25)19-10-4-3-5-11-19/h3-15,17,25,27H,16,29H2,1-2H3,(H,30,33)/t17?,25?,27-/m0/s1. The van der Waals surface area contributed by atoms with Crippen LogP contribution in [0.25, 0.3) is 0 Å². The lowest BCUT2D eigenvalue weighted by atomic mass is 10.00. The number of anilines is 1. The second kappa shape index (κ2) is 9.97. The molecule has 7 heteroatoms. The number of amides is 1. The van der Waals surface area contributed by atoms with E-state index < -0.39 is 24.1 Å². The second-order valence-electron chi connectivity index (χ2n) is 8.41. The summed E-state index contributed by atoms with van der Waals surface area (Å²) < 4.78 is 13.4. The van der Waals surface area contributed by atoms with E-state index >= 15 is 0 Å². The summed E-state index contributed by atoms with van der Waals surface area (Å²) >= 11 is 0. The average molecular weight is 459 g/mol. The molecular formula is C27H27FN4O2. The Morgan fingerprint density at radius 3 is 2.50 bits per heavy atom. The third-order valence-corrected chi connectivity index (χ3v) is 5.97. The molecule has 2 unspecified atom stereocenters.